The lowest BCUT2D eigenvalue weighted by Crippen LogP contribution is -2.41. The van der Waals surface area contributed by atoms with Crippen LogP contribution in [0.4, 0.5) is 0 Å². The number of amides is 1. The number of nitrogens with zero attached hydrogens (tertiary/aromatic N) is 1. The molecule has 0 heterocycles. The van der Waals surface area contributed by atoms with Crippen molar-refractivity contribution in [2.45, 2.75) is 53.9 Å². The predicted molar refractivity (Wildman–Crippen MR) is 68.2 cm³/mol. The molecule has 2 atom stereocenters. The molecule has 1 aliphatic rings. The summed E-state index contributed by atoms with van der Waals surface area (Å²) in [4.78, 5) is 14.4. The number of carbonyl (C=O) groups is 1. The Bertz CT molecular complexity index is 245. The van der Waals surface area contributed by atoms with Gasteiger partial charge in [-0.05, 0) is 44.9 Å². The SMILES string of the molecule is CCN(CC)C(=O)C1(C)CCC(C(C)C)C1. The van der Waals surface area contributed by atoms with Gasteiger partial charge in [0.05, 0.1) is 0 Å². The summed E-state index contributed by atoms with van der Waals surface area (Å²) in [6.45, 7) is 12.5. The molecular weight excluding hydrogens is 198 g/mol. The van der Waals surface area contributed by atoms with E-state index in [0.717, 1.165) is 31.8 Å². The van der Waals surface area contributed by atoms with Gasteiger partial charge in [0.2, 0.25) is 5.91 Å². The van der Waals surface area contributed by atoms with E-state index in [0.29, 0.717) is 11.8 Å². The van der Waals surface area contributed by atoms with Crippen molar-refractivity contribution < 1.29 is 4.79 Å². The Morgan fingerprint density at radius 3 is 2.31 bits per heavy atom. The van der Waals surface area contributed by atoms with Gasteiger partial charge in [0.15, 0.2) is 0 Å². The normalized spacial score (nSPS) is 29.8. The Labute approximate surface area is 100 Å². The van der Waals surface area contributed by atoms with Crippen molar-refractivity contribution in [3.05, 3.63) is 0 Å². The van der Waals surface area contributed by atoms with Crippen LogP contribution in [0, 0.1) is 17.3 Å². The highest BCUT2D eigenvalue weighted by atomic mass is 16.2. The molecule has 0 aromatic heterocycles. The van der Waals surface area contributed by atoms with Gasteiger partial charge in [-0.1, -0.05) is 20.8 Å². The smallest absolute Gasteiger partial charge is 0.228 e. The van der Waals surface area contributed by atoms with Crippen LogP contribution in [0.2, 0.25) is 0 Å². The first kappa shape index (κ1) is 13.5. The summed E-state index contributed by atoms with van der Waals surface area (Å²) >= 11 is 0. The van der Waals surface area contributed by atoms with E-state index < -0.39 is 0 Å². The molecule has 16 heavy (non-hydrogen) atoms. The van der Waals surface area contributed by atoms with Crippen molar-refractivity contribution in [3.63, 3.8) is 0 Å². The van der Waals surface area contributed by atoms with Gasteiger partial charge in [0.25, 0.3) is 0 Å². The van der Waals surface area contributed by atoms with E-state index in [4.69, 9.17) is 0 Å². The van der Waals surface area contributed by atoms with Crippen molar-refractivity contribution >= 4 is 5.91 Å². The molecule has 2 heteroatoms. The molecule has 0 bridgehead atoms. The van der Waals surface area contributed by atoms with Crippen LogP contribution in [0.3, 0.4) is 0 Å². The Hall–Kier alpha value is -0.530. The molecule has 0 aromatic rings. The minimum absolute atomic E-state index is 0.0824. The molecule has 0 N–H and O–H groups in total. The molecule has 0 saturated heterocycles. The molecule has 1 saturated carbocycles. The van der Waals surface area contributed by atoms with Crippen molar-refractivity contribution in [2.75, 3.05) is 13.1 Å². The van der Waals surface area contributed by atoms with Gasteiger partial charge >= 0.3 is 0 Å². The minimum atomic E-state index is -0.0824. The van der Waals surface area contributed by atoms with E-state index in [-0.39, 0.29) is 5.41 Å². The van der Waals surface area contributed by atoms with Gasteiger partial charge in [-0.3, -0.25) is 4.79 Å². The molecule has 2 unspecified atom stereocenters. The maximum Gasteiger partial charge on any atom is 0.228 e. The summed E-state index contributed by atoms with van der Waals surface area (Å²) < 4.78 is 0. The third-order valence-corrected chi connectivity index (χ3v) is 4.29. The zero-order chi connectivity index (χ0) is 12.3. The fraction of sp³-hybridized carbons (Fsp3) is 0.929. The standard InChI is InChI=1S/C14H27NO/c1-6-15(7-2)13(16)14(5)9-8-12(10-14)11(3)4/h11-12H,6-10H2,1-5H3. The first-order valence-corrected chi connectivity index (χ1v) is 6.74. The molecule has 1 amide bonds. The minimum Gasteiger partial charge on any atom is -0.343 e. The van der Waals surface area contributed by atoms with E-state index in [9.17, 15) is 4.79 Å². The van der Waals surface area contributed by atoms with E-state index in [1.54, 1.807) is 0 Å². The highest BCUT2D eigenvalue weighted by Gasteiger charge is 2.43. The summed E-state index contributed by atoms with van der Waals surface area (Å²) in [6.07, 6.45) is 3.38. The summed E-state index contributed by atoms with van der Waals surface area (Å²) in [6, 6.07) is 0. The van der Waals surface area contributed by atoms with Gasteiger partial charge in [-0.2, -0.15) is 0 Å². The van der Waals surface area contributed by atoms with Crippen molar-refractivity contribution in [3.8, 4) is 0 Å². The summed E-state index contributed by atoms with van der Waals surface area (Å²) in [5.74, 6) is 1.83. The fourth-order valence-electron chi connectivity index (χ4n) is 2.94. The van der Waals surface area contributed by atoms with Crippen LogP contribution in [0.5, 0.6) is 0 Å². The zero-order valence-electron chi connectivity index (χ0n) is 11.5. The maximum absolute atomic E-state index is 12.4. The topological polar surface area (TPSA) is 20.3 Å². The van der Waals surface area contributed by atoms with E-state index in [2.05, 4.69) is 34.6 Å². The number of carbonyl (C=O) groups excluding carboxylic acids is 1. The Morgan fingerprint density at radius 1 is 1.38 bits per heavy atom. The van der Waals surface area contributed by atoms with Crippen LogP contribution in [-0.2, 0) is 4.79 Å². The summed E-state index contributed by atoms with van der Waals surface area (Å²) in [7, 11) is 0. The molecule has 94 valence electrons. The summed E-state index contributed by atoms with van der Waals surface area (Å²) in [5.41, 5.74) is -0.0824. The Balaban J connectivity index is 2.69. The van der Waals surface area contributed by atoms with Crippen LogP contribution in [0.1, 0.15) is 53.9 Å². The van der Waals surface area contributed by atoms with Gasteiger partial charge in [0, 0.05) is 18.5 Å². The third-order valence-electron chi connectivity index (χ3n) is 4.29. The molecule has 1 fully saturated rings. The second-order valence-electron chi connectivity index (χ2n) is 5.78. The van der Waals surface area contributed by atoms with Crippen molar-refractivity contribution in [1.29, 1.82) is 0 Å². The summed E-state index contributed by atoms with van der Waals surface area (Å²) in [5, 5.41) is 0. The predicted octanol–water partition coefficient (Wildman–Crippen LogP) is 3.32. The average Bonchev–Trinajstić information content (AvgIpc) is 2.64. The molecule has 0 spiro atoms. The van der Waals surface area contributed by atoms with Gasteiger partial charge in [-0.25, -0.2) is 0 Å². The fourth-order valence-corrected chi connectivity index (χ4v) is 2.94. The van der Waals surface area contributed by atoms with Crippen LogP contribution < -0.4 is 0 Å². The lowest BCUT2D eigenvalue weighted by atomic mass is 9.84. The van der Waals surface area contributed by atoms with E-state index in [1.807, 2.05) is 4.90 Å². The highest BCUT2D eigenvalue weighted by molar-refractivity contribution is 5.82. The van der Waals surface area contributed by atoms with Crippen LogP contribution in [0.15, 0.2) is 0 Å². The monoisotopic (exact) mass is 225 g/mol. The second kappa shape index (κ2) is 5.20. The van der Waals surface area contributed by atoms with Gasteiger partial charge in [0.1, 0.15) is 0 Å². The molecule has 0 aliphatic heterocycles. The van der Waals surface area contributed by atoms with Crippen LogP contribution in [-0.4, -0.2) is 23.9 Å². The number of hydrogen-bond donors (Lipinski definition) is 0. The zero-order valence-corrected chi connectivity index (χ0v) is 11.5. The van der Waals surface area contributed by atoms with Crippen LogP contribution >= 0.6 is 0 Å². The van der Waals surface area contributed by atoms with Crippen LogP contribution in [0.25, 0.3) is 0 Å². The largest absolute Gasteiger partial charge is 0.343 e. The third kappa shape index (κ3) is 2.58. The first-order chi connectivity index (χ1) is 7.44. The van der Waals surface area contributed by atoms with E-state index >= 15 is 0 Å². The Morgan fingerprint density at radius 2 is 1.94 bits per heavy atom. The van der Waals surface area contributed by atoms with E-state index in [1.165, 1.54) is 6.42 Å². The second-order valence-corrected chi connectivity index (χ2v) is 5.78. The average molecular weight is 225 g/mol. The molecule has 1 rings (SSSR count). The lowest BCUT2D eigenvalue weighted by molar-refractivity contribution is -0.140. The van der Waals surface area contributed by atoms with Gasteiger partial charge < -0.3 is 4.90 Å². The quantitative estimate of drug-likeness (QED) is 0.718. The lowest BCUT2D eigenvalue weighted by Gasteiger charge is -2.30. The molecule has 2 nitrogen and oxygen atoms in total. The molecule has 0 aromatic carbocycles. The number of hydrogen-bond acceptors (Lipinski definition) is 1. The first-order valence-electron chi connectivity index (χ1n) is 6.74. The molecular formula is C14H27NO. The van der Waals surface area contributed by atoms with Crippen molar-refractivity contribution in [2.24, 2.45) is 17.3 Å². The maximum atomic E-state index is 12.4. The number of rotatable bonds is 4. The van der Waals surface area contributed by atoms with Gasteiger partial charge in [-0.15, -0.1) is 0 Å². The highest BCUT2D eigenvalue weighted by Crippen LogP contribution is 2.45. The molecule has 0 radical (unpaired) electrons. The Kier molecular flexibility index (Phi) is 4.40. The van der Waals surface area contributed by atoms with Crippen molar-refractivity contribution in [1.82, 2.24) is 4.90 Å². The molecule has 1 aliphatic carbocycles.